The molecule has 0 radical (unpaired) electrons. The number of carbonyl (C=O) groups is 1. The molecule has 0 aromatic heterocycles. The topological polar surface area (TPSA) is 38.8 Å². The average molecular weight is 291 g/mol. The molecule has 116 valence electrons. The van der Waals surface area contributed by atoms with Crippen molar-refractivity contribution in [3.8, 4) is 5.75 Å². The Bertz CT molecular complexity index is 415. The number of nitrogens with zero attached hydrogens (tertiary/aromatic N) is 1. The van der Waals surface area contributed by atoms with E-state index in [9.17, 15) is 4.79 Å². The minimum Gasteiger partial charge on any atom is -0.494 e. The van der Waals surface area contributed by atoms with Gasteiger partial charge in [-0.1, -0.05) is 18.2 Å². The summed E-state index contributed by atoms with van der Waals surface area (Å²) in [5, 5.41) is 0. The van der Waals surface area contributed by atoms with Gasteiger partial charge in [0.15, 0.2) is 0 Å². The van der Waals surface area contributed by atoms with Crippen LogP contribution in [0, 0.1) is 5.92 Å². The zero-order valence-corrected chi connectivity index (χ0v) is 12.8. The lowest BCUT2D eigenvalue weighted by atomic mass is 10.00. The van der Waals surface area contributed by atoms with Crippen LogP contribution in [0.2, 0.25) is 0 Å². The molecule has 1 aromatic rings. The highest BCUT2D eigenvalue weighted by atomic mass is 16.5. The van der Waals surface area contributed by atoms with Crippen molar-refractivity contribution in [1.82, 2.24) is 4.90 Å². The summed E-state index contributed by atoms with van der Waals surface area (Å²) in [4.78, 5) is 13.9. The molecule has 0 atom stereocenters. The van der Waals surface area contributed by atoms with Crippen molar-refractivity contribution in [2.24, 2.45) is 5.92 Å². The van der Waals surface area contributed by atoms with Crippen molar-refractivity contribution >= 4 is 5.91 Å². The third kappa shape index (κ3) is 5.76. The molecule has 0 bridgehead atoms. The lowest BCUT2D eigenvalue weighted by Crippen LogP contribution is -2.34. The maximum Gasteiger partial charge on any atom is 0.222 e. The summed E-state index contributed by atoms with van der Waals surface area (Å²) in [5.74, 6) is 1.66. The number of hydrogen-bond acceptors (Lipinski definition) is 3. The fourth-order valence-electron chi connectivity index (χ4n) is 2.54. The molecule has 0 spiro atoms. The number of carbonyl (C=O) groups excluding carboxylic acids is 1. The molecule has 0 N–H and O–H groups in total. The summed E-state index contributed by atoms with van der Waals surface area (Å²) in [7, 11) is 1.90. The summed E-state index contributed by atoms with van der Waals surface area (Å²) in [6.45, 7) is 3.10. The van der Waals surface area contributed by atoms with Crippen LogP contribution in [0.4, 0.5) is 0 Å². The molecule has 1 aliphatic rings. The van der Waals surface area contributed by atoms with Crippen LogP contribution in [-0.2, 0) is 9.53 Å². The van der Waals surface area contributed by atoms with Gasteiger partial charge in [0.2, 0.25) is 5.91 Å². The van der Waals surface area contributed by atoms with Crippen molar-refractivity contribution in [2.75, 3.05) is 33.4 Å². The number of para-hydroxylation sites is 1. The van der Waals surface area contributed by atoms with Gasteiger partial charge >= 0.3 is 0 Å². The molecular formula is C17H25NO3. The molecule has 21 heavy (non-hydrogen) atoms. The number of ether oxygens (including phenoxy) is 2. The van der Waals surface area contributed by atoms with Crippen molar-refractivity contribution in [2.45, 2.75) is 25.7 Å². The second-order valence-corrected chi connectivity index (χ2v) is 5.60. The van der Waals surface area contributed by atoms with Gasteiger partial charge in [0.05, 0.1) is 6.61 Å². The van der Waals surface area contributed by atoms with Crippen molar-refractivity contribution in [3.05, 3.63) is 30.3 Å². The molecule has 4 nitrogen and oxygen atoms in total. The molecule has 1 amide bonds. The SMILES string of the molecule is CN(CC1CCOCC1)C(=O)CCCOc1ccccc1. The van der Waals surface area contributed by atoms with E-state index >= 15 is 0 Å². The van der Waals surface area contributed by atoms with E-state index in [0.717, 1.165) is 44.8 Å². The Hall–Kier alpha value is -1.55. The molecule has 1 saturated heterocycles. The van der Waals surface area contributed by atoms with Gasteiger partial charge in [-0.15, -0.1) is 0 Å². The molecule has 1 aromatic carbocycles. The van der Waals surface area contributed by atoms with Gasteiger partial charge in [-0.05, 0) is 37.3 Å². The van der Waals surface area contributed by atoms with Gasteiger partial charge in [0.25, 0.3) is 0 Å². The Morgan fingerprint density at radius 2 is 2.00 bits per heavy atom. The normalized spacial score (nSPS) is 15.7. The van der Waals surface area contributed by atoms with Crippen LogP contribution in [0.15, 0.2) is 30.3 Å². The van der Waals surface area contributed by atoms with Crippen LogP contribution < -0.4 is 4.74 Å². The molecule has 0 unspecified atom stereocenters. The van der Waals surface area contributed by atoms with Crippen LogP contribution in [0.3, 0.4) is 0 Å². The van der Waals surface area contributed by atoms with Crippen LogP contribution in [0.25, 0.3) is 0 Å². The van der Waals surface area contributed by atoms with Gasteiger partial charge in [-0.25, -0.2) is 0 Å². The Morgan fingerprint density at radius 1 is 1.29 bits per heavy atom. The lowest BCUT2D eigenvalue weighted by Gasteiger charge is -2.27. The Balaban J connectivity index is 1.60. The maximum absolute atomic E-state index is 12.1. The van der Waals surface area contributed by atoms with E-state index in [4.69, 9.17) is 9.47 Å². The van der Waals surface area contributed by atoms with Crippen molar-refractivity contribution in [3.63, 3.8) is 0 Å². The highest BCUT2D eigenvalue weighted by Crippen LogP contribution is 2.16. The van der Waals surface area contributed by atoms with E-state index in [1.54, 1.807) is 0 Å². The Morgan fingerprint density at radius 3 is 2.71 bits per heavy atom. The first kappa shape index (κ1) is 15.8. The third-order valence-corrected chi connectivity index (χ3v) is 3.85. The summed E-state index contributed by atoms with van der Waals surface area (Å²) < 4.78 is 10.9. The van der Waals surface area contributed by atoms with Crippen LogP contribution in [-0.4, -0.2) is 44.2 Å². The molecular weight excluding hydrogens is 266 g/mol. The van der Waals surface area contributed by atoms with Crippen molar-refractivity contribution < 1.29 is 14.3 Å². The van der Waals surface area contributed by atoms with E-state index in [1.807, 2.05) is 42.3 Å². The number of benzene rings is 1. The molecule has 0 aliphatic carbocycles. The molecule has 4 heteroatoms. The van der Waals surface area contributed by atoms with E-state index in [2.05, 4.69) is 0 Å². The van der Waals surface area contributed by atoms with E-state index in [0.29, 0.717) is 18.9 Å². The van der Waals surface area contributed by atoms with E-state index in [1.165, 1.54) is 0 Å². The van der Waals surface area contributed by atoms with E-state index < -0.39 is 0 Å². The van der Waals surface area contributed by atoms with Gasteiger partial charge in [-0.2, -0.15) is 0 Å². The first-order chi connectivity index (χ1) is 10.3. The predicted molar refractivity (Wildman–Crippen MR) is 82.4 cm³/mol. The molecule has 0 saturated carbocycles. The summed E-state index contributed by atoms with van der Waals surface area (Å²) in [5.41, 5.74) is 0. The monoisotopic (exact) mass is 291 g/mol. The minimum atomic E-state index is 0.207. The first-order valence-corrected chi connectivity index (χ1v) is 7.75. The summed E-state index contributed by atoms with van der Waals surface area (Å²) in [6, 6.07) is 9.71. The zero-order chi connectivity index (χ0) is 14.9. The van der Waals surface area contributed by atoms with Crippen LogP contribution in [0.1, 0.15) is 25.7 Å². The number of hydrogen-bond donors (Lipinski definition) is 0. The molecule has 2 rings (SSSR count). The highest BCUT2D eigenvalue weighted by molar-refractivity contribution is 5.75. The van der Waals surface area contributed by atoms with E-state index in [-0.39, 0.29) is 5.91 Å². The molecule has 1 heterocycles. The second kappa shape index (κ2) is 8.67. The fraction of sp³-hybridized carbons (Fsp3) is 0.588. The fourth-order valence-corrected chi connectivity index (χ4v) is 2.54. The maximum atomic E-state index is 12.1. The highest BCUT2D eigenvalue weighted by Gasteiger charge is 2.18. The first-order valence-electron chi connectivity index (χ1n) is 7.75. The standard InChI is InChI=1S/C17H25NO3/c1-18(14-15-9-12-20-13-10-15)17(19)8-5-11-21-16-6-3-2-4-7-16/h2-4,6-7,15H,5,8-14H2,1H3. The van der Waals surface area contributed by atoms with Gasteiger partial charge in [0.1, 0.15) is 5.75 Å². The Kier molecular flexibility index (Phi) is 6.54. The quantitative estimate of drug-likeness (QED) is 0.725. The third-order valence-electron chi connectivity index (χ3n) is 3.85. The van der Waals surface area contributed by atoms with Gasteiger partial charge < -0.3 is 14.4 Å². The summed E-state index contributed by atoms with van der Waals surface area (Å²) >= 11 is 0. The average Bonchev–Trinajstić information content (AvgIpc) is 2.53. The predicted octanol–water partition coefficient (Wildman–Crippen LogP) is 2.73. The minimum absolute atomic E-state index is 0.207. The molecule has 1 fully saturated rings. The zero-order valence-electron chi connectivity index (χ0n) is 12.8. The van der Waals surface area contributed by atoms with Gasteiger partial charge in [-0.3, -0.25) is 4.79 Å². The number of rotatable bonds is 7. The van der Waals surface area contributed by atoms with Gasteiger partial charge in [0, 0.05) is 33.2 Å². The molecule has 1 aliphatic heterocycles. The van der Waals surface area contributed by atoms with Crippen LogP contribution in [0.5, 0.6) is 5.75 Å². The lowest BCUT2D eigenvalue weighted by molar-refractivity contribution is -0.131. The second-order valence-electron chi connectivity index (χ2n) is 5.60. The van der Waals surface area contributed by atoms with Crippen molar-refractivity contribution in [1.29, 1.82) is 0 Å². The smallest absolute Gasteiger partial charge is 0.222 e. The number of amides is 1. The Labute approximate surface area is 127 Å². The summed E-state index contributed by atoms with van der Waals surface area (Å²) in [6.07, 6.45) is 3.43. The van der Waals surface area contributed by atoms with Crippen LogP contribution >= 0.6 is 0 Å². The largest absolute Gasteiger partial charge is 0.494 e.